The topological polar surface area (TPSA) is 9.23 Å². The summed E-state index contributed by atoms with van der Waals surface area (Å²) in [7, 11) is 0. The summed E-state index contributed by atoms with van der Waals surface area (Å²) in [6.45, 7) is 0.490. The summed E-state index contributed by atoms with van der Waals surface area (Å²) in [4.78, 5) is 0. The number of rotatable bonds is 9. The fraction of sp³-hybridized carbons (Fsp3) is 0.600. The lowest BCUT2D eigenvalue weighted by Crippen LogP contribution is -2.20. The Morgan fingerprint density at radius 2 is 1.65 bits per heavy atom. The molecule has 1 saturated carbocycles. The van der Waals surface area contributed by atoms with Gasteiger partial charge in [0.25, 0.3) is 0 Å². The van der Waals surface area contributed by atoms with E-state index in [2.05, 4.69) is 11.7 Å². The van der Waals surface area contributed by atoms with Gasteiger partial charge in [0.05, 0.1) is 0 Å². The van der Waals surface area contributed by atoms with E-state index in [9.17, 15) is 22.0 Å². The zero-order valence-electron chi connectivity index (χ0n) is 18.0. The second-order valence-corrected chi connectivity index (χ2v) is 8.81. The van der Waals surface area contributed by atoms with E-state index in [1.165, 1.54) is 57.4 Å². The van der Waals surface area contributed by atoms with Crippen LogP contribution in [0, 0.1) is 17.6 Å². The summed E-state index contributed by atoms with van der Waals surface area (Å²) in [5, 5.41) is 0.424. The molecular weight excluding hydrogens is 411 g/mol. The lowest BCUT2D eigenvalue weighted by atomic mass is 9.76. The van der Waals surface area contributed by atoms with Crippen LogP contribution in [0.3, 0.4) is 0 Å². The van der Waals surface area contributed by atoms with Crippen molar-refractivity contribution in [3.05, 3.63) is 41.5 Å². The highest BCUT2D eigenvalue weighted by atomic mass is 19.4. The average Bonchev–Trinajstić information content (AvgIpc) is 2.72. The number of fused-ring (bicyclic) bond motifs is 1. The van der Waals surface area contributed by atoms with Crippen molar-refractivity contribution in [1.29, 1.82) is 0 Å². The van der Waals surface area contributed by atoms with Gasteiger partial charge in [0, 0.05) is 5.39 Å². The number of alkyl halides is 3. The number of hydrogen-bond donors (Lipinski definition) is 0. The molecule has 2 aromatic rings. The summed E-state index contributed by atoms with van der Waals surface area (Å²) in [6.07, 6.45) is 7.57. The standard InChI is InChI=1S/C25H31F5O/c1-2-3-4-5-6-7-17-8-10-18(11-9-17)19-12-13-21-20(14-19)15-22(26)24(23(21)27)31-16-25(28,29)30/h12-15,17-18H,2-11,16H2,1H3. The quantitative estimate of drug-likeness (QED) is 0.279. The monoisotopic (exact) mass is 442 g/mol. The molecule has 1 fully saturated rings. The van der Waals surface area contributed by atoms with Crippen LogP contribution >= 0.6 is 0 Å². The number of unbranched alkanes of at least 4 members (excludes halogenated alkanes) is 4. The normalized spacial score (nSPS) is 19.7. The first-order valence-electron chi connectivity index (χ1n) is 11.4. The molecule has 1 aliphatic rings. The van der Waals surface area contributed by atoms with Gasteiger partial charge in [-0.15, -0.1) is 0 Å². The minimum atomic E-state index is -4.66. The van der Waals surface area contributed by atoms with E-state index in [0.29, 0.717) is 11.3 Å². The Labute approximate surface area is 181 Å². The minimum Gasteiger partial charge on any atom is -0.478 e. The third-order valence-electron chi connectivity index (χ3n) is 6.42. The zero-order chi connectivity index (χ0) is 22.4. The highest BCUT2D eigenvalue weighted by Gasteiger charge is 2.30. The molecule has 2 aromatic carbocycles. The van der Waals surface area contributed by atoms with Crippen LogP contribution in [0.1, 0.15) is 82.6 Å². The first kappa shape index (κ1) is 23.8. The average molecular weight is 443 g/mol. The summed E-state index contributed by atoms with van der Waals surface area (Å²) in [5.74, 6) is -2.05. The van der Waals surface area contributed by atoms with E-state index in [1.54, 1.807) is 6.07 Å². The number of halogens is 5. The molecule has 172 valence electrons. The van der Waals surface area contributed by atoms with Gasteiger partial charge in [-0.2, -0.15) is 13.2 Å². The van der Waals surface area contributed by atoms with Gasteiger partial charge >= 0.3 is 6.18 Å². The number of benzene rings is 2. The van der Waals surface area contributed by atoms with Crippen molar-refractivity contribution >= 4 is 10.8 Å². The van der Waals surface area contributed by atoms with Crippen LogP contribution in [0.25, 0.3) is 10.8 Å². The molecule has 0 spiro atoms. The molecule has 0 bridgehead atoms. The summed E-state index contributed by atoms with van der Waals surface area (Å²) in [5.41, 5.74) is 1.04. The molecule has 0 aliphatic heterocycles. The van der Waals surface area contributed by atoms with E-state index in [-0.39, 0.29) is 5.39 Å². The molecule has 0 N–H and O–H groups in total. The lowest BCUT2D eigenvalue weighted by Gasteiger charge is -2.29. The van der Waals surface area contributed by atoms with Crippen molar-refractivity contribution in [3.8, 4) is 5.75 Å². The molecule has 0 saturated heterocycles. The van der Waals surface area contributed by atoms with Gasteiger partial charge in [0.1, 0.15) is 0 Å². The predicted octanol–water partition coefficient (Wildman–Crippen LogP) is 8.69. The van der Waals surface area contributed by atoms with Gasteiger partial charge in [-0.05, 0) is 54.5 Å². The van der Waals surface area contributed by atoms with Gasteiger partial charge in [-0.3, -0.25) is 0 Å². The Morgan fingerprint density at radius 1 is 0.935 bits per heavy atom. The maximum atomic E-state index is 14.6. The van der Waals surface area contributed by atoms with Gasteiger partial charge in [0.2, 0.25) is 0 Å². The highest BCUT2D eigenvalue weighted by Crippen LogP contribution is 2.39. The SMILES string of the molecule is CCCCCCCC1CCC(c2ccc3c(F)c(OCC(F)(F)F)c(F)cc3c2)CC1. The molecule has 0 aromatic heterocycles. The van der Waals surface area contributed by atoms with Crippen LogP contribution in [-0.2, 0) is 0 Å². The van der Waals surface area contributed by atoms with Crippen LogP contribution in [0.4, 0.5) is 22.0 Å². The van der Waals surface area contributed by atoms with E-state index in [4.69, 9.17) is 0 Å². The zero-order valence-corrected chi connectivity index (χ0v) is 18.0. The Bertz CT molecular complexity index is 853. The largest absolute Gasteiger partial charge is 0.478 e. The van der Waals surface area contributed by atoms with Crippen molar-refractivity contribution in [1.82, 2.24) is 0 Å². The molecule has 31 heavy (non-hydrogen) atoms. The molecule has 3 rings (SSSR count). The molecular formula is C25H31F5O. The predicted molar refractivity (Wildman–Crippen MR) is 113 cm³/mol. The Hall–Kier alpha value is -1.85. The second kappa shape index (κ2) is 10.6. The van der Waals surface area contributed by atoms with E-state index < -0.39 is 30.2 Å². The fourth-order valence-corrected chi connectivity index (χ4v) is 4.69. The van der Waals surface area contributed by atoms with Crippen molar-refractivity contribution in [2.24, 2.45) is 5.92 Å². The van der Waals surface area contributed by atoms with Gasteiger partial charge in [0.15, 0.2) is 24.0 Å². The Kier molecular flexibility index (Phi) is 8.17. The van der Waals surface area contributed by atoms with Crippen LogP contribution in [-0.4, -0.2) is 12.8 Å². The van der Waals surface area contributed by atoms with Crippen molar-refractivity contribution in [2.75, 3.05) is 6.61 Å². The molecule has 0 radical (unpaired) electrons. The summed E-state index contributed by atoms with van der Waals surface area (Å²) < 4.78 is 70.3. The molecule has 1 aliphatic carbocycles. The van der Waals surface area contributed by atoms with Crippen LogP contribution < -0.4 is 4.74 Å². The molecule has 0 amide bonds. The molecule has 1 nitrogen and oxygen atoms in total. The van der Waals surface area contributed by atoms with Crippen molar-refractivity contribution in [3.63, 3.8) is 0 Å². The molecule has 0 atom stereocenters. The Morgan fingerprint density at radius 3 is 2.32 bits per heavy atom. The van der Waals surface area contributed by atoms with Crippen molar-refractivity contribution in [2.45, 2.75) is 83.2 Å². The Balaban J connectivity index is 1.63. The van der Waals surface area contributed by atoms with Crippen LogP contribution in [0.2, 0.25) is 0 Å². The molecule has 0 heterocycles. The fourth-order valence-electron chi connectivity index (χ4n) is 4.69. The van der Waals surface area contributed by atoms with Gasteiger partial charge in [-0.1, -0.05) is 63.6 Å². The lowest BCUT2D eigenvalue weighted by molar-refractivity contribution is -0.154. The van der Waals surface area contributed by atoms with Crippen LogP contribution in [0.15, 0.2) is 24.3 Å². The molecule has 0 unspecified atom stereocenters. The van der Waals surface area contributed by atoms with E-state index in [0.717, 1.165) is 30.4 Å². The van der Waals surface area contributed by atoms with Crippen LogP contribution in [0.5, 0.6) is 5.75 Å². The van der Waals surface area contributed by atoms with E-state index >= 15 is 0 Å². The maximum absolute atomic E-state index is 14.6. The minimum absolute atomic E-state index is 0.0723. The summed E-state index contributed by atoms with van der Waals surface area (Å²) in [6, 6.07) is 6.17. The smallest absolute Gasteiger partial charge is 0.422 e. The third kappa shape index (κ3) is 6.56. The maximum Gasteiger partial charge on any atom is 0.422 e. The second-order valence-electron chi connectivity index (χ2n) is 8.81. The van der Waals surface area contributed by atoms with Gasteiger partial charge in [-0.25, -0.2) is 8.78 Å². The molecule has 6 heteroatoms. The van der Waals surface area contributed by atoms with E-state index in [1.807, 2.05) is 6.07 Å². The third-order valence-corrected chi connectivity index (χ3v) is 6.42. The highest BCUT2D eigenvalue weighted by molar-refractivity contribution is 5.85. The number of hydrogen-bond acceptors (Lipinski definition) is 1. The van der Waals surface area contributed by atoms with Crippen molar-refractivity contribution < 1.29 is 26.7 Å². The first-order valence-corrected chi connectivity index (χ1v) is 11.4. The number of ether oxygens (including phenoxy) is 1. The first-order chi connectivity index (χ1) is 14.8. The van der Waals surface area contributed by atoms with Gasteiger partial charge < -0.3 is 4.74 Å². The summed E-state index contributed by atoms with van der Waals surface area (Å²) >= 11 is 0.